The van der Waals surface area contributed by atoms with Crippen molar-refractivity contribution in [2.24, 2.45) is 5.92 Å². The highest BCUT2D eigenvalue weighted by atomic mass is 32.2. The zero-order valence-corrected chi connectivity index (χ0v) is 24.3. The molecule has 2 heterocycles. The first-order valence-corrected chi connectivity index (χ1v) is 15.5. The van der Waals surface area contributed by atoms with E-state index in [1.165, 1.54) is 42.7 Å². The van der Waals surface area contributed by atoms with Crippen LogP contribution in [0.2, 0.25) is 0 Å². The number of alkyl halides is 2. The number of hydrogen-bond acceptors (Lipinski definition) is 5. The number of amides is 1. The van der Waals surface area contributed by atoms with Crippen molar-refractivity contribution >= 4 is 28.2 Å². The Morgan fingerprint density at radius 2 is 1.79 bits per heavy atom. The number of thiazole rings is 1. The highest BCUT2D eigenvalue weighted by Gasteiger charge is 2.32. The van der Waals surface area contributed by atoms with Crippen LogP contribution in [-0.4, -0.2) is 39.9 Å². The van der Waals surface area contributed by atoms with Crippen LogP contribution in [-0.2, 0) is 28.1 Å². The van der Waals surface area contributed by atoms with Gasteiger partial charge in [0.1, 0.15) is 11.0 Å². The number of benzene rings is 1. The monoisotopic (exact) mass is 567 g/mol. The van der Waals surface area contributed by atoms with Crippen molar-refractivity contribution in [3.05, 3.63) is 34.5 Å². The molecule has 1 aromatic heterocycles. The van der Waals surface area contributed by atoms with Gasteiger partial charge in [-0.3, -0.25) is 4.79 Å². The molecule has 1 saturated heterocycles. The molecule has 0 radical (unpaired) electrons. The van der Waals surface area contributed by atoms with Crippen LogP contribution >= 0.6 is 11.3 Å². The van der Waals surface area contributed by atoms with Gasteiger partial charge in [0.25, 0.3) is 11.8 Å². The maximum Gasteiger partial charge on any atom is 0.280 e. The van der Waals surface area contributed by atoms with Crippen molar-refractivity contribution in [2.75, 3.05) is 13.2 Å². The highest BCUT2D eigenvalue weighted by Crippen LogP contribution is 2.39. The predicted octanol–water partition coefficient (Wildman–Crippen LogP) is 6.36. The summed E-state index contributed by atoms with van der Waals surface area (Å²) >= 11 is 1.25. The number of nitrogens with one attached hydrogen (secondary N) is 2. The Hall–Kier alpha value is -1.75. The summed E-state index contributed by atoms with van der Waals surface area (Å²) in [6.07, 6.45) is 8.03. The van der Waals surface area contributed by atoms with Crippen molar-refractivity contribution in [3.63, 3.8) is 0 Å². The normalized spacial score (nSPS) is 18.9. The molecule has 1 unspecified atom stereocenters. The third-order valence-electron chi connectivity index (χ3n) is 6.97. The molecule has 2 fully saturated rings. The second-order valence-electron chi connectivity index (χ2n) is 11.6. The molecular formula is C28H39F2N3O3S2. The van der Waals surface area contributed by atoms with Gasteiger partial charge in [-0.15, -0.1) is 11.3 Å². The van der Waals surface area contributed by atoms with Crippen LogP contribution in [0.25, 0.3) is 10.4 Å². The molecule has 0 bridgehead atoms. The molecule has 1 aliphatic carbocycles. The SMILES string of the molecule is CC(C)(C)NS(=O)c1ccc(-c2sc(C(=O)NC3CCOCC3)nc2CC2CCCCC2)cc1C(C)(F)F. The molecule has 2 N–H and O–H groups in total. The lowest BCUT2D eigenvalue weighted by Crippen LogP contribution is -2.38. The van der Waals surface area contributed by atoms with E-state index in [0.717, 1.165) is 43.2 Å². The molecule has 2 aromatic rings. The van der Waals surface area contributed by atoms with Crippen molar-refractivity contribution in [1.82, 2.24) is 15.0 Å². The van der Waals surface area contributed by atoms with Gasteiger partial charge in [0, 0.05) is 37.3 Å². The fraction of sp³-hybridized carbons (Fsp3) is 0.643. The van der Waals surface area contributed by atoms with Crippen molar-refractivity contribution in [1.29, 1.82) is 0 Å². The Labute approximate surface area is 230 Å². The van der Waals surface area contributed by atoms with E-state index in [0.29, 0.717) is 36.1 Å². The minimum Gasteiger partial charge on any atom is -0.381 e. The lowest BCUT2D eigenvalue weighted by molar-refractivity contribution is 0.0145. The topological polar surface area (TPSA) is 80.3 Å². The zero-order valence-electron chi connectivity index (χ0n) is 22.7. The van der Waals surface area contributed by atoms with Crippen molar-refractivity contribution in [2.45, 2.75) is 101 Å². The third-order valence-corrected chi connectivity index (χ3v) is 9.67. The molecule has 38 heavy (non-hydrogen) atoms. The summed E-state index contributed by atoms with van der Waals surface area (Å²) in [5.74, 6) is -2.96. The Balaban J connectivity index is 1.70. The maximum absolute atomic E-state index is 14.8. The molecule has 1 amide bonds. The summed E-state index contributed by atoms with van der Waals surface area (Å²) in [5, 5.41) is 3.42. The molecule has 0 spiro atoms. The van der Waals surface area contributed by atoms with Crippen molar-refractivity contribution < 1.29 is 22.5 Å². The maximum atomic E-state index is 14.8. The second-order valence-corrected chi connectivity index (χ2v) is 13.8. The van der Waals surface area contributed by atoms with Gasteiger partial charge in [0.2, 0.25) is 0 Å². The van der Waals surface area contributed by atoms with Gasteiger partial charge in [0.05, 0.1) is 15.5 Å². The molecule has 6 nitrogen and oxygen atoms in total. The van der Waals surface area contributed by atoms with Crippen LogP contribution in [0.5, 0.6) is 0 Å². The van der Waals surface area contributed by atoms with Crippen LogP contribution in [0, 0.1) is 5.92 Å². The number of carbonyl (C=O) groups excluding carboxylic acids is 1. The van der Waals surface area contributed by atoms with E-state index in [1.807, 2.05) is 20.8 Å². The number of hydrogen-bond donors (Lipinski definition) is 2. The van der Waals surface area contributed by atoms with E-state index >= 15 is 0 Å². The van der Waals surface area contributed by atoms with Gasteiger partial charge < -0.3 is 10.1 Å². The van der Waals surface area contributed by atoms with E-state index < -0.39 is 22.4 Å². The van der Waals surface area contributed by atoms with Crippen molar-refractivity contribution in [3.8, 4) is 10.4 Å². The Kier molecular flexibility index (Phi) is 9.38. The fourth-order valence-corrected chi connectivity index (χ4v) is 7.36. The Morgan fingerprint density at radius 1 is 1.11 bits per heavy atom. The van der Waals surface area contributed by atoms with E-state index in [4.69, 9.17) is 9.72 Å². The summed E-state index contributed by atoms with van der Waals surface area (Å²) in [5.41, 5.74) is 0.564. The molecule has 2 aliphatic rings. The number of aromatic nitrogens is 1. The number of ether oxygens (including phenoxy) is 1. The van der Waals surface area contributed by atoms with Gasteiger partial charge in [0.15, 0.2) is 5.01 Å². The second kappa shape index (κ2) is 12.2. The first kappa shape index (κ1) is 29.2. The molecule has 1 aromatic carbocycles. The largest absolute Gasteiger partial charge is 0.381 e. The van der Waals surface area contributed by atoms with E-state index in [9.17, 15) is 17.8 Å². The lowest BCUT2D eigenvalue weighted by atomic mass is 9.85. The number of rotatable bonds is 8. The molecule has 1 aliphatic heterocycles. The summed E-state index contributed by atoms with van der Waals surface area (Å²) < 4.78 is 50.9. The predicted molar refractivity (Wildman–Crippen MR) is 148 cm³/mol. The molecule has 1 atom stereocenters. The average Bonchev–Trinajstić information content (AvgIpc) is 3.27. The number of carbonyl (C=O) groups is 1. The van der Waals surface area contributed by atoms with E-state index in [2.05, 4.69) is 10.0 Å². The van der Waals surface area contributed by atoms with E-state index in [-0.39, 0.29) is 22.4 Å². The standard InChI is InChI=1S/C28H39F2N3O3S2/c1-27(2,3)33-38(35)23-11-10-19(17-21(23)28(4,29)30)24-22(16-18-8-6-5-7-9-18)32-26(37-24)25(34)31-20-12-14-36-15-13-20/h10-11,17-18,20,33H,5-9,12-16H2,1-4H3,(H,31,34). The first-order valence-electron chi connectivity index (χ1n) is 13.5. The summed E-state index contributed by atoms with van der Waals surface area (Å²) in [6.45, 7) is 7.58. The van der Waals surface area contributed by atoms with Crippen LogP contribution in [0.1, 0.15) is 93.7 Å². The van der Waals surface area contributed by atoms with Crippen LogP contribution in [0.15, 0.2) is 23.1 Å². The summed E-state index contributed by atoms with van der Waals surface area (Å²) in [7, 11) is -1.81. The Morgan fingerprint density at radius 3 is 2.42 bits per heavy atom. The average molecular weight is 568 g/mol. The minimum atomic E-state index is -3.20. The third kappa shape index (κ3) is 7.67. The van der Waals surface area contributed by atoms with Crippen LogP contribution in [0.4, 0.5) is 8.78 Å². The fourth-order valence-electron chi connectivity index (χ4n) is 5.08. The van der Waals surface area contributed by atoms with Gasteiger partial charge in [-0.05, 0) is 63.6 Å². The Bertz CT molecular complexity index is 1150. The minimum absolute atomic E-state index is 0.0420. The van der Waals surface area contributed by atoms with Gasteiger partial charge in [-0.1, -0.05) is 38.2 Å². The molecule has 10 heteroatoms. The number of nitrogens with zero attached hydrogens (tertiary/aromatic N) is 1. The zero-order chi connectivity index (χ0) is 27.5. The van der Waals surface area contributed by atoms with Crippen LogP contribution < -0.4 is 10.0 Å². The highest BCUT2D eigenvalue weighted by molar-refractivity contribution is 7.83. The molecule has 1 saturated carbocycles. The first-order chi connectivity index (χ1) is 17.9. The molecular weight excluding hydrogens is 528 g/mol. The van der Waals surface area contributed by atoms with Gasteiger partial charge >= 0.3 is 0 Å². The lowest BCUT2D eigenvalue weighted by Gasteiger charge is -2.23. The molecule has 210 valence electrons. The number of halogens is 2. The van der Waals surface area contributed by atoms with Crippen LogP contribution in [0.3, 0.4) is 0 Å². The smallest absolute Gasteiger partial charge is 0.280 e. The quantitative estimate of drug-likeness (QED) is 0.389. The van der Waals surface area contributed by atoms with Gasteiger partial charge in [-0.25, -0.2) is 22.7 Å². The molecule has 4 rings (SSSR count). The summed E-state index contributed by atoms with van der Waals surface area (Å²) in [4.78, 5) is 18.7. The van der Waals surface area contributed by atoms with Gasteiger partial charge in [-0.2, -0.15) is 0 Å². The summed E-state index contributed by atoms with van der Waals surface area (Å²) in [6, 6.07) is 4.71. The van der Waals surface area contributed by atoms with E-state index in [1.54, 1.807) is 6.07 Å².